The molecule has 0 aromatic heterocycles. The van der Waals surface area contributed by atoms with Crippen LogP contribution in [0.4, 0.5) is 5.69 Å². The predicted molar refractivity (Wildman–Crippen MR) is 129 cm³/mol. The molecule has 0 bridgehead atoms. The summed E-state index contributed by atoms with van der Waals surface area (Å²) < 4.78 is 28.1. The van der Waals surface area contributed by atoms with Gasteiger partial charge in [0.1, 0.15) is 0 Å². The third-order valence-electron chi connectivity index (χ3n) is 5.90. The van der Waals surface area contributed by atoms with E-state index in [0.717, 1.165) is 36.8 Å². The van der Waals surface area contributed by atoms with E-state index >= 15 is 0 Å². The molecule has 0 spiro atoms. The summed E-state index contributed by atoms with van der Waals surface area (Å²) in [4.78, 5) is 24.7. The minimum atomic E-state index is -3.64. The molecule has 33 heavy (non-hydrogen) atoms. The zero-order chi connectivity index (χ0) is 24.0. The van der Waals surface area contributed by atoms with Gasteiger partial charge in [-0.2, -0.15) is 4.31 Å². The van der Waals surface area contributed by atoms with Crippen LogP contribution in [0.2, 0.25) is 0 Å². The van der Waals surface area contributed by atoms with E-state index in [4.69, 9.17) is 0 Å². The Kier molecular flexibility index (Phi) is 8.26. The highest BCUT2D eigenvalue weighted by molar-refractivity contribution is 7.89. The van der Waals surface area contributed by atoms with Crippen molar-refractivity contribution < 1.29 is 18.0 Å². The number of amides is 2. The van der Waals surface area contributed by atoms with Gasteiger partial charge in [0.05, 0.1) is 17.4 Å². The number of hydrogen-bond acceptors (Lipinski definition) is 4. The van der Waals surface area contributed by atoms with E-state index in [1.165, 1.54) is 13.0 Å². The van der Waals surface area contributed by atoms with Crippen molar-refractivity contribution in [3.63, 3.8) is 0 Å². The Bertz CT molecular complexity index is 1090. The molecule has 3 rings (SSSR count). The second kappa shape index (κ2) is 10.9. The smallest absolute Gasteiger partial charge is 0.243 e. The van der Waals surface area contributed by atoms with Gasteiger partial charge in [-0.1, -0.05) is 48.7 Å². The normalized spacial score (nSPS) is 16.0. The molecule has 2 aromatic carbocycles. The number of aryl methyl sites for hydroxylation is 2. The number of nitrogens with zero attached hydrogens (tertiary/aromatic N) is 1. The van der Waals surface area contributed by atoms with Crippen LogP contribution in [0.1, 0.15) is 61.8 Å². The van der Waals surface area contributed by atoms with E-state index in [9.17, 15) is 18.0 Å². The SMILES string of the molecule is CC(=O)NC(CC(=O)Nc1ccc(C)c(S(=O)(=O)N2CCCCCC2)c1)c1ccc(C)cc1. The lowest BCUT2D eigenvalue weighted by Gasteiger charge is -2.22. The molecule has 1 aliphatic rings. The van der Waals surface area contributed by atoms with E-state index in [0.29, 0.717) is 24.3 Å². The van der Waals surface area contributed by atoms with E-state index in [1.54, 1.807) is 23.4 Å². The maximum absolute atomic E-state index is 13.3. The second-order valence-electron chi connectivity index (χ2n) is 8.71. The molecule has 178 valence electrons. The standard InChI is InChI=1S/C25H33N3O4S/c1-18-8-11-21(12-9-18)23(26-20(3)29)17-25(30)27-22-13-10-19(2)24(16-22)33(31,32)28-14-6-4-5-7-15-28/h8-13,16,23H,4-7,14-15,17H2,1-3H3,(H,26,29)(H,27,30). The van der Waals surface area contributed by atoms with Gasteiger partial charge in [-0.05, 0) is 49.9 Å². The Hall–Kier alpha value is -2.71. The molecule has 0 aliphatic carbocycles. The van der Waals surface area contributed by atoms with Crippen LogP contribution in [0.15, 0.2) is 47.4 Å². The molecule has 8 heteroatoms. The molecule has 2 aromatic rings. The molecule has 7 nitrogen and oxygen atoms in total. The number of benzene rings is 2. The average molecular weight is 472 g/mol. The van der Waals surface area contributed by atoms with Crippen molar-refractivity contribution in [3.8, 4) is 0 Å². The van der Waals surface area contributed by atoms with Gasteiger partial charge in [0.2, 0.25) is 21.8 Å². The molecule has 1 unspecified atom stereocenters. The maximum Gasteiger partial charge on any atom is 0.243 e. The molecule has 1 heterocycles. The fourth-order valence-electron chi connectivity index (χ4n) is 4.07. The van der Waals surface area contributed by atoms with Crippen molar-refractivity contribution in [1.82, 2.24) is 9.62 Å². The van der Waals surface area contributed by atoms with Crippen LogP contribution in [-0.4, -0.2) is 37.6 Å². The number of carbonyl (C=O) groups excluding carboxylic acids is 2. The molecule has 2 amide bonds. The number of sulfonamides is 1. The van der Waals surface area contributed by atoms with Crippen molar-refractivity contribution in [3.05, 3.63) is 59.2 Å². The van der Waals surface area contributed by atoms with Crippen LogP contribution >= 0.6 is 0 Å². The van der Waals surface area contributed by atoms with Crippen molar-refractivity contribution in [2.45, 2.75) is 63.8 Å². The number of hydrogen-bond donors (Lipinski definition) is 2. The Morgan fingerprint density at radius 2 is 1.61 bits per heavy atom. The first-order valence-electron chi connectivity index (χ1n) is 11.4. The molecule has 1 fully saturated rings. The lowest BCUT2D eigenvalue weighted by molar-refractivity contribution is -0.120. The molecular weight excluding hydrogens is 438 g/mol. The number of nitrogens with one attached hydrogen (secondary N) is 2. The summed E-state index contributed by atoms with van der Waals surface area (Å²) in [6, 6.07) is 12.1. The largest absolute Gasteiger partial charge is 0.349 e. The third-order valence-corrected chi connectivity index (χ3v) is 7.94. The highest BCUT2D eigenvalue weighted by Crippen LogP contribution is 2.26. The van der Waals surface area contributed by atoms with E-state index < -0.39 is 16.1 Å². The Morgan fingerprint density at radius 1 is 0.970 bits per heavy atom. The summed E-state index contributed by atoms with van der Waals surface area (Å²) in [5.74, 6) is -0.536. The topological polar surface area (TPSA) is 95.6 Å². The van der Waals surface area contributed by atoms with Crippen LogP contribution in [-0.2, 0) is 19.6 Å². The second-order valence-corrected chi connectivity index (χ2v) is 10.6. The molecule has 0 radical (unpaired) electrons. The van der Waals surface area contributed by atoms with Crippen LogP contribution in [0, 0.1) is 13.8 Å². The van der Waals surface area contributed by atoms with E-state index in [-0.39, 0.29) is 23.1 Å². The van der Waals surface area contributed by atoms with E-state index in [2.05, 4.69) is 10.6 Å². The fraction of sp³-hybridized carbons (Fsp3) is 0.440. The van der Waals surface area contributed by atoms with Crippen molar-refractivity contribution in [2.75, 3.05) is 18.4 Å². The lowest BCUT2D eigenvalue weighted by atomic mass is 10.0. The summed E-state index contributed by atoms with van der Waals surface area (Å²) >= 11 is 0. The van der Waals surface area contributed by atoms with Gasteiger partial charge in [0.25, 0.3) is 0 Å². The Labute approximate surface area is 196 Å². The van der Waals surface area contributed by atoms with Gasteiger partial charge in [-0.15, -0.1) is 0 Å². The summed E-state index contributed by atoms with van der Waals surface area (Å²) in [5, 5.41) is 5.63. The maximum atomic E-state index is 13.3. The lowest BCUT2D eigenvalue weighted by Crippen LogP contribution is -2.32. The molecule has 2 N–H and O–H groups in total. The van der Waals surface area contributed by atoms with Gasteiger partial charge >= 0.3 is 0 Å². The van der Waals surface area contributed by atoms with Crippen LogP contribution < -0.4 is 10.6 Å². The predicted octanol–water partition coefficient (Wildman–Crippen LogP) is 4.07. The molecule has 1 aliphatic heterocycles. The first kappa shape index (κ1) is 24.9. The van der Waals surface area contributed by atoms with Gasteiger partial charge in [0.15, 0.2) is 0 Å². The highest BCUT2D eigenvalue weighted by Gasteiger charge is 2.27. The van der Waals surface area contributed by atoms with E-state index in [1.807, 2.05) is 31.2 Å². The summed E-state index contributed by atoms with van der Waals surface area (Å²) in [5.41, 5.74) is 2.99. The van der Waals surface area contributed by atoms with Gasteiger partial charge in [0, 0.05) is 25.7 Å². The summed E-state index contributed by atoms with van der Waals surface area (Å²) in [6.07, 6.45) is 3.83. The Morgan fingerprint density at radius 3 is 2.21 bits per heavy atom. The summed E-state index contributed by atoms with van der Waals surface area (Å²) in [6.45, 7) is 6.19. The quantitative estimate of drug-likeness (QED) is 0.636. The molecule has 0 saturated carbocycles. The highest BCUT2D eigenvalue weighted by atomic mass is 32.2. The van der Waals surface area contributed by atoms with Crippen LogP contribution in [0.3, 0.4) is 0 Å². The first-order valence-corrected chi connectivity index (χ1v) is 12.8. The van der Waals surface area contributed by atoms with Crippen molar-refractivity contribution >= 4 is 27.5 Å². The Balaban J connectivity index is 1.77. The average Bonchev–Trinajstić information content (AvgIpc) is 3.05. The third kappa shape index (κ3) is 6.65. The number of rotatable bonds is 7. The van der Waals surface area contributed by atoms with Gasteiger partial charge in [-0.3, -0.25) is 9.59 Å². The van der Waals surface area contributed by atoms with Crippen LogP contribution in [0.25, 0.3) is 0 Å². The zero-order valence-corrected chi connectivity index (χ0v) is 20.4. The molecule has 1 atom stereocenters. The monoisotopic (exact) mass is 471 g/mol. The minimum absolute atomic E-state index is 0.0325. The van der Waals surface area contributed by atoms with Crippen molar-refractivity contribution in [1.29, 1.82) is 0 Å². The molecular formula is C25H33N3O4S. The molecule has 1 saturated heterocycles. The minimum Gasteiger partial charge on any atom is -0.349 e. The van der Waals surface area contributed by atoms with Crippen molar-refractivity contribution in [2.24, 2.45) is 0 Å². The van der Waals surface area contributed by atoms with Crippen LogP contribution in [0.5, 0.6) is 0 Å². The van der Waals surface area contributed by atoms with Gasteiger partial charge < -0.3 is 10.6 Å². The summed E-state index contributed by atoms with van der Waals surface area (Å²) in [7, 11) is -3.64. The first-order chi connectivity index (χ1) is 15.7. The number of anilines is 1. The van der Waals surface area contributed by atoms with Gasteiger partial charge in [-0.25, -0.2) is 8.42 Å². The number of carbonyl (C=O) groups is 2. The zero-order valence-electron chi connectivity index (χ0n) is 19.6. The fourth-order valence-corrected chi connectivity index (χ4v) is 5.84.